The molecule has 0 fully saturated rings. The first-order chi connectivity index (χ1) is 5.33. The van der Waals surface area contributed by atoms with Gasteiger partial charge >= 0.3 is 0 Å². The molecule has 1 radical (unpaired) electrons. The molecule has 3 heteroatoms. The Labute approximate surface area is 78.3 Å². The molecule has 0 aliphatic heterocycles. The molecule has 0 N–H and O–H groups in total. The number of carbonyl (C=O) groups excluding carboxylic acids is 1. The van der Waals surface area contributed by atoms with Gasteiger partial charge in [-0.3, -0.25) is 4.79 Å². The third-order valence-electron chi connectivity index (χ3n) is 1.09. The molecule has 0 atom stereocenters. The van der Waals surface area contributed by atoms with E-state index in [-0.39, 0.29) is 0 Å². The summed E-state index contributed by atoms with van der Waals surface area (Å²) in [7, 11) is 0. The maximum atomic E-state index is 9.91. The fourth-order valence-corrected chi connectivity index (χ4v) is 1.83. The van der Waals surface area contributed by atoms with Gasteiger partial charge in [-0.25, -0.2) is 0 Å². The molecule has 1 nitrogen and oxygen atoms in total. The number of rotatable bonds is 3. The van der Waals surface area contributed by atoms with Crippen molar-refractivity contribution >= 4 is 34.0 Å². The molecule has 0 heterocycles. The Balaban J connectivity index is 2.63. The molecule has 0 aromatic heterocycles. The number of thioether (sulfide) groups is 1. The van der Waals surface area contributed by atoms with E-state index in [2.05, 4.69) is 15.9 Å². The van der Waals surface area contributed by atoms with Crippen LogP contribution in [0.15, 0.2) is 33.6 Å². The summed E-state index contributed by atoms with van der Waals surface area (Å²) < 4.78 is 1.04. The lowest BCUT2D eigenvalue weighted by atomic mass is 10.4. The second-order valence-corrected chi connectivity index (χ2v) is 3.85. The van der Waals surface area contributed by atoms with Crippen LogP contribution in [0.5, 0.6) is 0 Å². The Morgan fingerprint density at radius 2 is 2.36 bits per heavy atom. The van der Waals surface area contributed by atoms with Gasteiger partial charge in [0.05, 0.1) is 5.75 Å². The first-order valence-electron chi connectivity index (χ1n) is 3.06. The Morgan fingerprint density at radius 1 is 1.55 bits per heavy atom. The van der Waals surface area contributed by atoms with Crippen LogP contribution in [0.3, 0.4) is 0 Å². The second kappa shape index (κ2) is 4.57. The summed E-state index contributed by atoms with van der Waals surface area (Å²) in [5.41, 5.74) is 0. The molecule has 57 valence electrons. The van der Waals surface area contributed by atoms with E-state index in [1.165, 1.54) is 11.8 Å². The summed E-state index contributed by atoms with van der Waals surface area (Å²) in [6.07, 6.45) is 1.83. The molecule has 1 aromatic rings. The van der Waals surface area contributed by atoms with Gasteiger partial charge in [-0.1, -0.05) is 22.0 Å². The molecule has 0 aliphatic carbocycles. The Bertz CT molecular complexity index is 250. The van der Waals surface area contributed by atoms with Gasteiger partial charge in [0.2, 0.25) is 6.29 Å². The van der Waals surface area contributed by atoms with E-state index in [9.17, 15) is 4.79 Å². The average Bonchev–Trinajstić information content (AvgIpc) is 2.01. The number of halogens is 1. The highest BCUT2D eigenvalue weighted by Crippen LogP contribution is 2.20. The zero-order valence-corrected chi connectivity index (χ0v) is 8.11. The molecule has 1 aromatic carbocycles. The van der Waals surface area contributed by atoms with Crippen molar-refractivity contribution in [2.45, 2.75) is 4.90 Å². The zero-order valence-electron chi connectivity index (χ0n) is 5.71. The monoisotopic (exact) mass is 229 g/mol. The zero-order chi connectivity index (χ0) is 8.10. The number of benzene rings is 1. The van der Waals surface area contributed by atoms with E-state index in [0.29, 0.717) is 5.75 Å². The van der Waals surface area contributed by atoms with Crippen molar-refractivity contribution < 1.29 is 4.79 Å². The van der Waals surface area contributed by atoms with Crippen molar-refractivity contribution in [1.29, 1.82) is 0 Å². The number of hydrogen-bond donors (Lipinski definition) is 0. The molecule has 0 aliphatic rings. The summed E-state index contributed by atoms with van der Waals surface area (Å²) in [6.45, 7) is 0. The van der Waals surface area contributed by atoms with Crippen molar-refractivity contribution in [3.8, 4) is 0 Å². The molecule has 0 saturated carbocycles. The average molecular weight is 230 g/mol. The maximum Gasteiger partial charge on any atom is 0.209 e. The lowest BCUT2D eigenvalue weighted by molar-refractivity contribution is 0.560. The number of hydrogen-bond acceptors (Lipinski definition) is 2. The standard InChI is InChI=1S/C8H6BrOS/c9-7-2-1-3-8(6-7)11-5-4-10/h1-3,6H,5H2. The van der Waals surface area contributed by atoms with Crippen molar-refractivity contribution in [3.05, 3.63) is 28.7 Å². The molecule has 0 saturated heterocycles. The van der Waals surface area contributed by atoms with Gasteiger partial charge in [-0.15, -0.1) is 11.8 Å². The van der Waals surface area contributed by atoms with Gasteiger partial charge in [0.25, 0.3) is 0 Å². The minimum Gasteiger partial charge on any atom is -0.290 e. The van der Waals surface area contributed by atoms with Gasteiger partial charge in [-0.2, -0.15) is 0 Å². The Hall–Kier alpha value is -0.280. The first-order valence-corrected chi connectivity index (χ1v) is 4.84. The van der Waals surface area contributed by atoms with Crippen molar-refractivity contribution in [2.75, 3.05) is 5.75 Å². The molecule has 11 heavy (non-hydrogen) atoms. The largest absolute Gasteiger partial charge is 0.290 e. The molecule has 1 rings (SSSR count). The van der Waals surface area contributed by atoms with Crippen LogP contribution >= 0.6 is 27.7 Å². The smallest absolute Gasteiger partial charge is 0.209 e. The van der Waals surface area contributed by atoms with Crippen LogP contribution < -0.4 is 0 Å². The molecular weight excluding hydrogens is 224 g/mol. The predicted octanol–water partition coefficient (Wildman–Crippen LogP) is 2.65. The SMILES string of the molecule is O=[C]CSc1cccc(Br)c1. The normalized spacial score (nSPS) is 9.55. The summed E-state index contributed by atoms with van der Waals surface area (Å²) in [4.78, 5) is 11.0. The Morgan fingerprint density at radius 3 is 3.00 bits per heavy atom. The van der Waals surface area contributed by atoms with Gasteiger partial charge in [0, 0.05) is 9.37 Å². The fraction of sp³-hybridized carbons (Fsp3) is 0.125. The molecule has 0 spiro atoms. The molecule has 0 unspecified atom stereocenters. The predicted molar refractivity (Wildman–Crippen MR) is 50.6 cm³/mol. The van der Waals surface area contributed by atoms with Crippen LogP contribution in [0.2, 0.25) is 0 Å². The van der Waals surface area contributed by atoms with E-state index in [0.717, 1.165) is 9.37 Å². The van der Waals surface area contributed by atoms with E-state index in [4.69, 9.17) is 0 Å². The van der Waals surface area contributed by atoms with Crippen molar-refractivity contribution in [3.63, 3.8) is 0 Å². The van der Waals surface area contributed by atoms with Crippen LogP contribution in [0.25, 0.3) is 0 Å². The fourth-order valence-electron chi connectivity index (χ4n) is 0.670. The molecule has 0 amide bonds. The van der Waals surface area contributed by atoms with Crippen molar-refractivity contribution in [2.24, 2.45) is 0 Å². The van der Waals surface area contributed by atoms with Crippen LogP contribution in [0.1, 0.15) is 0 Å². The second-order valence-electron chi connectivity index (χ2n) is 1.89. The quantitative estimate of drug-likeness (QED) is 0.742. The van der Waals surface area contributed by atoms with Crippen LogP contribution in [0.4, 0.5) is 0 Å². The highest BCUT2D eigenvalue weighted by molar-refractivity contribution is 9.10. The van der Waals surface area contributed by atoms with Crippen LogP contribution in [-0.4, -0.2) is 12.0 Å². The van der Waals surface area contributed by atoms with Gasteiger partial charge < -0.3 is 0 Å². The summed E-state index contributed by atoms with van der Waals surface area (Å²) in [6, 6.07) is 7.83. The first kappa shape index (κ1) is 8.81. The topological polar surface area (TPSA) is 17.1 Å². The molecular formula is C8H6BrOS. The lowest BCUT2D eigenvalue weighted by Crippen LogP contribution is -1.77. The highest BCUT2D eigenvalue weighted by atomic mass is 79.9. The third kappa shape index (κ3) is 3.08. The minimum absolute atomic E-state index is 0.399. The van der Waals surface area contributed by atoms with E-state index >= 15 is 0 Å². The lowest BCUT2D eigenvalue weighted by Gasteiger charge is -1.96. The third-order valence-corrected chi connectivity index (χ3v) is 2.44. The summed E-state index contributed by atoms with van der Waals surface area (Å²) in [5.74, 6) is 0.399. The van der Waals surface area contributed by atoms with E-state index < -0.39 is 0 Å². The van der Waals surface area contributed by atoms with Gasteiger partial charge in [0.15, 0.2) is 0 Å². The van der Waals surface area contributed by atoms with Crippen LogP contribution in [0, 0.1) is 0 Å². The maximum absolute atomic E-state index is 9.91. The van der Waals surface area contributed by atoms with Gasteiger partial charge in [0.1, 0.15) is 0 Å². The highest BCUT2D eigenvalue weighted by Gasteiger charge is 1.92. The summed E-state index contributed by atoms with van der Waals surface area (Å²) >= 11 is 4.82. The van der Waals surface area contributed by atoms with Gasteiger partial charge in [-0.05, 0) is 18.2 Å². The summed E-state index contributed by atoms with van der Waals surface area (Å²) in [5, 5.41) is 0. The van der Waals surface area contributed by atoms with E-state index in [1.807, 2.05) is 30.6 Å². The van der Waals surface area contributed by atoms with Crippen molar-refractivity contribution in [1.82, 2.24) is 0 Å². The van der Waals surface area contributed by atoms with Crippen LogP contribution in [-0.2, 0) is 4.79 Å². The Kier molecular flexibility index (Phi) is 3.66. The van der Waals surface area contributed by atoms with E-state index in [1.54, 1.807) is 0 Å². The minimum atomic E-state index is 0.399. The molecule has 0 bridgehead atoms.